The number of rotatable bonds is 3. The third-order valence-electron chi connectivity index (χ3n) is 6.21. The van der Waals surface area contributed by atoms with Crippen molar-refractivity contribution in [2.45, 2.75) is 57.7 Å². The third-order valence-corrected chi connectivity index (χ3v) is 6.21. The Kier molecular flexibility index (Phi) is 4.61. The number of hydrogen-bond acceptors (Lipinski definition) is 5. The second-order valence-electron chi connectivity index (χ2n) is 8.25. The first-order valence-electron chi connectivity index (χ1n) is 10.4. The van der Waals surface area contributed by atoms with Gasteiger partial charge in [0, 0.05) is 44.9 Å². The van der Waals surface area contributed by atoms with E-state index in [0.717, 1.165) is 63.7 Å². The van der Waals surface area contributed by atoms with Crippen molar-refractivity contribution in [1.29, 1.82) is 0 Å². The summed E-state index contributed by atoms with van der Waals surface area (Å²) >= 11 is 0. The minimum atomic E-state index is 0.319. The lowest BCUT2D eigenvalue weighted by Gasteiger charge is -2.31. The average molecular weight is 367 g/mol. The lowest BCUT2D eigenvalue weighted by Crippen LogP contribution is -2.33. The van der Waals surface area contributed by atoms with Crippen molar-refractivity contribution in [1.82, 2.24) is 25.0 Å². The molecule has 3 aliphatic heterocycles. The van der Waals surface area contributed by atoms with Gasteiger partial charge in [-0.15, -0.1) is 10.2 Å². The van der Waals surface area contributed by atoms with Gasteiger partial charge in [0.1, 0.15) is 23.5 Å². The standard InChI is InChI=1S/C21H29N5O/c1-15-12-18-13-16(2-3-19(18)27-15)14-25-9-5-17(6-10-25)21-24-23-20-4-7-22-8-11-26(20)21/h2-3,13,15,17,22H,4-12,14H2,1H3. The number of nitrogens with zero attached hydrogens (tertiary/aromatic N) is 4. The first-order valence-corrected chi connectivity index (χ1v) is 10.4. The molecule has 1 aromatic carbocycles. The molecular weight excluding hydrogens is 338 g/mol. The predicted octanol–water partition coefficient (Wildman–Crippen LogP) is 2.13. The lowest BCUT2D eigenvalue weighted by atomic mass is 9.95. The Balaban J connectivity index is 1.21. The number of hydrogen-bond donors (Lipinski definition) is 1. The molecular formula is C21H29N5O. The van der Waals surface area contributed by atoms with Crippen LogP contribution in [0.5, 0.6) is 5.75 Å². The van der Waals surface area contributed by atoms with Crippen LogP contribution in [0.3, 0.4) is 0 Å². The number of ether oxygens (including phenoxy) is 1. The Morgan fingerprint density at radius 2 is 2.04 bits per heavy atom. The van der Waals surface area contributed by atoms with Gasteiger partial charge in [-0.3, -0.25) is 4.90 Å². The van der Waals surface area contributed by atoms with Crippen LogP contribution in [-0.2, 0) is 25.9 Å². The maximum absolute atomic E-state index is 5.83. The Hall–Kier alpha value is -1.92. The van der Waals surface area contributed by atoms with Crippen LogP contribution in [0.2, 0.25) is 0 Å². The normalized spacial score (nSPS) is 23.5. The first-order chi connectivity index (χ1) is 13.3. The van der Waals surface area contributed by atoms with Gasteiger partial charge < -0.3 is 14.6 Å². The molecule has 4 heterocycles. The second-order valence-corrected chi connectivity index (χ2v) is 8.25. The van der Waals surface area contributed by atoms with Gasteiger partial charge >= 0.3 is 0 Å². The van der Waals surface area contributed by atoms with Gasteiger partial charge in [0.25, 0.3) is 0 Å². The molecule has 2 aromatic rings. The van der Waals surface area contributed by atoms with E-state index in [4.69, 9.17) is 4.74 Å². The van der Waals surface area contributed by atoms with Gasteiger partial charge in [-0.25, -0.2) is 0 Å². The number of benzene rings is 1. The topological polar surface area (TPSA) is 55.2 Å². The fraction of sp³-hybridized carbons (Fsp3) is 0.619. The first kappa shape index (κ1) is 17.2. The van der Waals surface area contributed by atoms with E-state index in [9.17, 15) is 0 Å². The molecule has 1 N–H and O–H groups in total. The van der Waals surface area contributed by atoms with Crippen molar-refractivity contribution in [3.63, 3.8) is 0 Å². The van der Waals surface area contributed by atoms with E-state index in [1.165, 1.54) is 29.8 Å². The SMILES string of the molecule is CC1Cc2cc(CN3CCC(c4nnc5n4CCNCC5)CC3)ccc2O1. The summed E-state index contributed by atoms with van der Waals surface area (Å²) in [5.41, 5.74) is 2.78. The highest BCUT2D eigenvalue weighted by molar-refractivity contribution is 5.40. The minimum Gasteiger partial charge on any atom is -0.490 e. The minimum absolute atomic E-state index is 0.319. The smallest absolute Gasteiger partial charge is 0.136 e. The van der Waals surface area contributed by atoms with E-state index in [1.54, 1.807) is 0 Å². The van der Waals surface area contributed by atoms with E-state index >= 15 is 0 Å². The zero-order valence-electron chi connectivity index (χ0n) is 16.2. The van der Waals surface area contributed by atoms with Gasteiger partial charge in [-0.05, 0) is 50.0 Å². The summed E-state index contributed by atoms with van der Waals surface area (Å²) in [6, 6.07) is 6.73. The van der Waals surface area contributed by atoms with Crippen molar-refractivity contribution < 1.29 is 4.74 Å². The summed E-state index contributed by atoms with van der Waals surface area (Å²) in [5, 5.41) is 12.5. The van der Waals surface area contributed by atoms with Gasteiger partial charge in [0.05, 0.1) is 0 Å². The molecule has 5 rings (SSSR count). The molecule has 0 saturated carbocycles. The summed E-state index contributed by atoms with van der Waals surface area (Å²) in [7, 11) is 0. The molecule has 0 radical (unpaired) electrons. The lowest BCUT2D eigenvalue weighted by molar-refractivity contribution is 0.200. The summed E-state index contributed by atoms with van der Waals surface area (Å²) in [6.45, 7) is 8.50. The number of fused-ring (bicyclic) bond motifs is 2. The van der Waals surface area contributed by atoms with Crippen LogP contribution in [0, 0.1) is 0 Å². The Bertz CT molecular complexity index is 809. The zero-order valence-corrected chi connectivity index (χ0v) is 16.2. The van der Waals surface area contributed by atoms with Crippen molar-refractivity contribution in [3.05, 3.63) is 41.0 Å². The summed E-state index contributed by atoms with van der Waals surface area (Å²) < 4.78 is 8.21. The van der Waals surface area contributed by atoms with Gasteiger partial charge in [0.2, 0.25) is 0 Å². The molecule has 1 fully saturated rings. The summed E-state index contributed by atoms with van der Waals surface area (Å²) in [5.74, 6) is 4.01. The second kappa shape index (κ2) is 7.24. The van der Waals surface area contributed by atoms with Gasteiger partial charge in [-0.2, -0.15) is 0 Å². The number of aromatic nitrogens is 3. The molecule has 1 unspecified atom stereocenters. The van der Waals surface area contributed by atoms with Crippen molar-refractivity contribution in [3.8, 4) is 5.75 Å². The van der Waals surface area contributed by atoms with Crippen LogP contribution in [-0.4, -0.2) is 51.9 Å². The molecule has 0 bridgehead atoms. The van der Waals surface area contributed by atoms with Crippen LogP contribution in [0.25, 0.3) is 0 Å². The van der Waals surface area contributed by atoms with Gasteiger partial charge in [0.15, 0.2) is 0 Å². The van der Waals surface area contributed by atoms with Crippen LogP contribution < -0.4 is 10.1 Å². The third kappa shape index (κ3) is 3.48. The monoisotopic (exact) mass is 367 g/mol. The molecule has 6 heteroatoms. The van der Waals surface area contributed by atoms with Crippen LogP contribution >= 0.6 is 0 Å². The zero-order chi connectivity index (χ0) is 18.2. The molecule has 0 spiro atoms. The van der Waals surface area contributed by atoms with Crippen LogP contribution in [0.1, 0.15) is 48.5 Å². The molecule has 144 valence electrons. The predicted molar refractivity (Wildman–Crippen MR) is 104 cm³/mol. The number of nitrogens with one attached hydrogen (secondary N) is 1. The average Bonchev–Trinajstić information content (AvgIpc) is 3.16. The summed E-state index contributed by atoms with van der Waals surface area (Å²) in [4.78, 5) is 2.58. The Morgan fingerprint density at radius 3 is 2.93 bits per heavy atom. The largest absolute Gasteiger partial charge is 0.490 e. The van der Waals surface area contributed by atoms with Crippen LogP contribution in [0.15, 0.2) is 18.2 Å². The quantitative estimate of drug-likeness (QED) is 0.901. The van der Waals surface area contributed by atoms with Crippen molar-refractivity contribution in [2.75, 3.05) is 26.2 Å². The maximum Gasteiger partial charge on any atom is 0.136 e. The maximum atomic E-state index is 5.83. The van der Waals surface area contributed by atoms with E-state index < -0.39 is 0 Å². The molecule has 0 amide bonds. The van der Waals surface area contributed by atoms with Gasteiger partial charge in [-0.1, -0.05) is 12.1 Å². The highest BCUT2D eigenvalue weighted by Crippen LogP contribution is 2.31. The van der Waals surface area contributed by atoms with E-state index in [0.29, 0.717) is 12.0 Å². The molecule has 3 aliphatic rings. The Morgan fingerprint density at radius 1 is 1.15 bits per heavy atom. The van der Waals surface area contributed by atoms with Crippen LogP contribution in [0.4, 0.5) is 0 Å². The number of piperidine rings is 1. The van der Waals surface area contributed by atoms with Crippen molar-refractivity contribution >= 4 is 0 Å². The van der Waals surface area contributed by atoms with E-state index in [-0.39, 0.29) is 0 Å². The molecule has 1 aromatic heterocycles. The van der Waals surface area contributed by atoms with E-state index in [2.05, 4.69) is 50.1 Å². The molecule has 0 aliphatic carbocycles. The number of likely N-dealkylation sites (tertiary alicyclic amines) is 1. The highest BCUT2D eigenvalue weighted by atomic mass is 16.5. The fourth-order valence-electron chi connectivity index (χ4n) is 4.78. The van der Waals surface area contributed by atoms with E-state index in [1.807, 2.05) is 0 Å². The Labute approximate surface area is 160 Å². The highest BCUT2D eigenvalue weighted by Gasteiger charge is 2.27. The molecule has 1 atom stereocenters. The molecule has 27 heavy (non-hydrogen) atoms. The van der Waals surface area contributed by atoms with Crippen molar-refractivity contribution in [2.24, 2.45) is 0 Å². The molecule has 1 saturated heterocycles. The molecule has 6 nitrogen and oxygen atoms in total. The fourth-order valence-corrected chi connectivity index (χ4v) is 4.78. The summed E-state index contributed by atoms with van der Waals surface area (Å²) in [6.07, 6.45) is 4.71.